The number of aromatic amines is 1. The number of aromatic nitrogens is 12. The molecule has 1 N–H and O–H groups in total. The van der Waals surface area contributed by atoms with Gasteiger partial charge in [0.05, 0.1) is 46.2 Å². The van der Waals surface area contributed by atoms with Crippen molar-refractivity contribution in [2.45, 2.75) is 56.5 Å². The molecule has 0 amide bonds. The Morgan fingerprint density at radius 3 is 1.82 bits per heavy atom. The van der Waals surface area contributed by atoms with Gasteiger partial charge < -0.3 is 9.80 Å². The third-order valence-corrected chi connectivity index (χ3v) is 14.2. The molecule has 0 saturated carbocycles. The van der Waals surface area contributed by atoms with Crippen molar-refractivity contribution >= 4 is 68.5 Å². The maximum absolute atomic E-state index is 5.12. The van der Waals surface area contributed by atoms with Crippen molar-refractivity contribution in [1.82, 2.24) is 58.7 Å². The number of hydrogen-bond donors (Lipinski definition) is 1. The van der Waals surface area contributed by atoms with Crippen LogP contribution in [0, 0.1) is 23.5 Å². The highest BCUT2D eigenvalue weighted by molar-refractivity contribution is 7.99. The molecule has 67 heavy (non-hydrogen) atoms. The van der Waals surface area contributed by atoms with Crippen LogP contribution in [0.25, 0.3) is 55.6 Å². The van der Waals surface area contributed by atoms with Gasteiger partial charge >= 0.3 is 0 Å². The Morgan fingerprint density at radius 2 is 1.24 bits per heavy atom. The molecule has 2 saturated heterocycles. The van der Waals surface area contributed by atoms with Crippen LogP contribution in [0.15, 0.2) is 132 Å². The van der Waals surface area contributed by atoms with Gasteiger partial charge in [-0.15, -0.1) is 10.2 Å². The first-order chi connectivity index (χ1) is 32.7. The van der Waals surface area contributed by atoms with Crippen LogP contribution >= 0.6 is 24.0 Å². The fraction of sp³-hybridized carbons (Fsp3) is 0.294. The van der Waals surface area contributed by atoms with Crippen LogP contribution in [0.5, 0.6) is 0 Å². The highest BCUT2D eigenvalue weighted by atomic mass is 32.2. The molecule has 0 aliphatic carbocycles. The van der Waals surface area contributed by atoms with E-state index in [9.17, 15) is 0 Å². The second-order valence-electron chi connectivity index (χ2n) is 17.6. The molecule has 2 fully saturated rings. The monoisotopic (exact) mass is 926 g/mol. The van der Waals surface area contributed by atoms with Crippen molar-refractivity contribution in [3.8, 4) is 22.5 Å². The summed E-state index contributed by atoms with van der Waals surface area (Å²) in [7, 11) is 3.82. The Kier molecular flexibility index (Phi) is 12.6. The van der Waals surface area contributed by atoms with Crippen LogP contribution in [0.3, 0.4) is 0 Å². The molecular formula is C51H54N14S2. The van der Waals surface area contributed by atoms with Crippen molar-refractivity contribution in [3.05, 3.63) is 132 Å². The topological polar surface area (TPSA) is 131 Å². The molecule has 2 aliphatic rings. The van der Waals surface area contributed by atoms with E-state index < -0.39 is 0 Å². The highest BCUT2D eigenvalue weighted by Crippen LogP contribution is 2.33. The largest absolute Gasteiger partial charge is 0.370 e. The van der Waals surface area contributed by atoms with Crippen molar-refractivity contribution in [2.75, 3.05) is 36.0 Å². The number of benzene rings is 2. The number of nitrogens with zero attached hydrogens (tertiary/aromatic N) is 13. The van der Waals surface area contributed by atoms with Gasteiger partial charge in [0.25, 0.3) is 0 Å². The molecule has 340 valence electrons. The van der Waals surface area contributed by atoms with Crippen molar-refractivity contribution in [1.29, 1.82) is 0 Å². The lowest BCUT2D eigenvalue weighted by Gasteiger charge is -2.18. The molecule has 0 spiro atoms. The molecule has 2 aromatic carbocycles. The van der Waals surface area contributed by atoms with Crippen LogP contribution in [-0.4, -0.2) is 84.9 Å². The number of rotatable bonds is 8. The summed E-state index contributed by atoms with van der Waals surface area (Å²) in [5, 5.41) is 27.7. The zero-order valence-corrected chi connectivity index (χ0v) is 40.1. The van der Waals surface area contributed by atoms with Gasteiger partial charge in [0.1, 0.15) is 0 Å². The molecule has 10 heterocycles. The number of anilines is 2. The summed E-state index contributed by atoms with van der Waals surface area (Å²) in [5.41, 5.74) is 11.4. The summed E-state index contributed by atoms with van der Waals surface area (Å²) in [4.78, 5) is 15.4. The predicted octanol–water partition coefficient (Wildman–Crippen LogP) is 10.6. The van der Waals surface area contributed by atoms with E-state index in [1.807, 2.05) is 95.0 Å². The second-order valence-corrected chi connectivity index (χ2v) is 19.0. The molecule has 14 nitrogen and oxygen atoms in total. The van der Waals surface area contributed by atoms with E-state index in [2.05, 4.69) is 121 Å². The third kappa shape index (κ3) is 9.67. The van der Waals surface area contributed by atoms with Crippen molar-refractivity contribution in [3.63, 3.8) is 0 Å². The summed E-state index contributed by atoms with van der Waals surface area (Å²) in [6.07, 6.45) is 17.0. The quantitative estimate of drug-likeness (QED) is 0.146. The number of nitrogens with one attached hydrogen (secondary N) is 1. The molecule has 2 aliphatic heterocycles. The number of pyridine rings is 4. The molecule has 8 aromatic heterocycles. The summed E-state index contributed by atoms with van der Waals surface area (Å²) in [6, 6.07) is 29.3. The zero-order chi connectivity index (χ0) is 46.0. The average Bonchev–Trinajstić information content (AvgIpc) is 4.23. The zero-order valence-electron chi connectivity index (χ0n) is 38.5. The molecule has 12 rings (SSSR count). The fourth-order valence-corrected chi connectivity index (χ4v) is 9.99. The summed E-state index contributed by atoms with van der Waals surface area (Å²) < 4.78 is 8.03. The summed E-state index contributed by atoms with van der Waals surface area (Å²) in [6.45, 7) is 11.3. The van der Waals surface area contributed by atoms with Crippen molar-refractivity contribution < 1.29 is 0 Å². The molecule has 0 bridgehead atoms. The van der Waals surface area contributed by atoms with E-state index in [-0.39, 0.29) is 0 Å². The van der Waals surface area contributed by atoms with Crippen LogP contribution < -0.4 is 9.80 Å². The maximum Gasteiger partial charge on any atom is 0.200 e. The molecular weight excluding hydrogens is 873 g/mol. The minimum Gasteiger partial charge on any atom is -0.370 e. The van der Waals surface area contributed by atoms with E-state index in [1.54, 1.807) is 16.4 Å². The Labute approximate surface area is 398 Å². The smallest absolute Gasteiger partial charge is 0.200 e. The minimum atomic E-state index is 0.591. The van der Waals surface area contributed by atoms with Gasteiger partial charge in [0, 0.05) is 91.9 Å². The van der Waals surface area contributed by atoms with E-state index in [0.717, 1.165) is 85.2 Å². The number of fused-ring (bicyclic) bond motifs is 4. The lowest BCUT2D eigenvalue weighted by Crippen LogP contribution is -2.19. The number of hydrogen-bond acceptors (Lipinski definition) is 11. The number of H-pyrrole nitrogens is 1. The van der Waals surface area contributed by atoms with Gasteiger partial charge in [-0.3, -0.25) is 33.2 Å². The summed E-state index contributed by atoms with van der Waals surface area (Å²) >= 11 is 6.73. The Bertz CT molecular complexity index is 3400. The maximum atomic E-state index is 5.12. The normalized spacial score (nSPS) is 16.0. The van der Waals surface area contributed by atoms with Crippen LogP contribution in [-0.2, 0) is 14.1 Å². The first kappa shape index (κ1) is 44.0. The van der Waals surface area contributed by atoms with Crippen LogP contribution in [0.4, 0.5) is 11.4 Å². The van der Waals surface area contributed by atoms with E-state index >= 15 is 0 Å². The molecule has 10 aromatic rings. The molecule has 16 heteroatoms. The van der Waals surface area contributed by atoms with Gasteiger partial charge in [-0.05, 0) is 134 Å². The Hall–Kier alpha value is -6.91. The van der Waals surface area contributed by atoms with Gasteiger partial charge in [0.2, 0.25) is 0 Å². The predicted molar refractivity (Wildman–Crippen MR) is 271 cm³/mol. The molecule has 0 radical (unpaired) electrons. The van der Waals surface area contributed by atoms with E-state index in [1.165, 1.54) is 61.1 Å². The molecule has 2 unspecified atom stereocenters. The second kappa shape index (κ2) is 19.1. The average molecular weight is 927 g/mol. The number of aryl methyl sites for hydroxylation is 3. The molecule has 2 atom stereocenters. The van der Waals surface area contributed by atoms with E-state index in [0.29, 0.717) is 4.77 Å². The SMILES string of the molecule is CCC1CCN(c2cnc3ccc(C)cc3c2)C1.CCC1CCN(c2cnc3ccc(Sc4nnc5ccc(-c6ccn(C)n6)cn45)cc3c2)C1.Cn1ccc(-c2ccc3n[nH]c(=S)n3c2)n1. The minimum absolute atomic E-state index is 0.591. The third-order valence-electron chi connectivity index (χ3n) is 12.9. The first-order valence-corrected chi connectivity index (χ1v) is 24.2. The van der Waals surface area contributed by atoms with Gasteiger partial charge in [-0.1, -0.05) is 38.3 Å². The fourth-order valence-electron chi connectivity index (χ4n) is 8.94. The van der Waals surface area contributed by atoms with Crippen molar-refractivity contribution in [2.24, 2.45) is 25.9 Å². The summed E-state index contributed by atoms with van der Waals surface area (Å²) in [5.74, 6) is 1.65. The van der Waals surface area contributed by atoms with Crippen LogP contribution in [0.2, 0.25) is 0 Å². The van der Waals surface area contributed by atoms with Gasteiger partial charge in [-0.25, -0.2) is 0 Å². The standard InChI is InChI=1S/C25H25N7S.C16H20N2.C10H9N5S/c1-3-17-8-11-31(15-17)20-12-19-13-21(5-6-22(19)26-14-20)33-25-28-27-24-7-4-18(16-32(24)25)23-9-10-30(2)29-23;1-3-13-6-7-18(11-13)15-9-14-8-12(2)4-5-16(14)17-10-15;1-14-5-4-8(13-14)7-2-3-9-11-12-10(16)15(9)6-7/h4-7,9-10,12-14,16-17H,3,8,11,15H2,1-2H3;4-5,8-10,13H,3,6-7,11H2,1-2H3;2-6H,1H3,(H,12,16). The lowest BCUT2D eigenvalue weighted by molar-refractivity contribution is 0.569. The Morgan fingerprint density at radius 1 is 0.657 bits per heavy atom. The Balaban J connectivity index is 0.000000130. The van der Waals surface area contributed by atoms with E-state index in [4.69, 9.17) is 17.2 Å². The highest BCUT2D eigenvalue weighted by Gasteiger charge is 2.23. The van der Waals surface area contributed by atoms with Gasteiger partial charge in [0.15, 0.2) is 21.2 Å². The van der Waals surface area contributed by atoms with Gasteiger partial charge in [-0.2, -0.15) is 15.3 Å². The lowest BCUT2D eigenvalue weighted by atomic mass is 10.1. The first-order valence-electron chi connectivity index (χ1n) is 23.0. The van der Waals surface area contributed by atoms with Crippen LogP contribution in [0.1, 0.15) is 45.1 Å².